The van der Waals surface area contributed by atoms with E-state index < -0.39 is 6.23 Å². The lowest BCUT2D eigenvalue weighted by Gasteiger charge is -2.33. The van der Waals surface area contributed by atoms with Crippen molar-refractivity contribution in [2.24, 2.45) is 0 Å². The van der Waals surface area contributed by atoms with E-state index in [0.29, 0.717) is 19.4 Å². The molecule has 158 valence electrons. The summed E-state index contributed by atoms with van der Waals surface area (Å²) in [4.78, 5) is 28.4. The molecular formula is C24H29N3O3. The van der Waals surface area contributed by atoms with Crippen molar-refractivity contribution in [1.29, 1.82) is 0 Å². The smallest absolute Gasteiger partial charge is 0.319 e. The first-order valence-electron chi connectivity index (χ1n) is 10.8. The Bertz CT molecular complexity index is 819. The summed E-state index contributed by atoms with van der Waals surface area (Å²) in [6.07, 6.45) is 2.19. The van der Waals surface area contributed by atoms with Gasteiger partial charge in [0.15, 0.2) is 0 Å². The molecular weight excluding hydrogens is 378 g/mol. The zero-order valence-corrected chi connectivity index (χ0v) is 17.1. The van der Waals surface area contributed by atoms with Crippen LogP contribution in [-0.2, 0) is 4.79 Å². The number of β-amino-alcohol motifs (C(OH)–C–C–N with tert-alkyl or cyclic N) is 1. The van der Waals surface area contributed by atoms with E-state index in [2.05, 4.69) is 53.8 Å². The van der Waals surface area contributed by atoms with E-state index in [4.69, 9.17) is 0 Å². The second kappa shape index (κ2) is 9.30. The Kier molecular flexibility index (Phi) is 6.33. The number of amides is 3. The number of hydrogen-bond acceptors (Lipinski definition) is 3. The molecule has 2 N–H and O–H groups in total. The maximum absolute atomic E-state index is 13.1. The highest BCUT2D eigenvalue weighted by atomic mass is 16.3. The molecule has 0 bridgehead atoms. The molecule has 2 aliphatic rings. The van der Waals surface area contributed by atoms with Crippen molar-refractivity contribution in [3.63, 3.8) is 0 Å². The molecule has 2 fully saturated rings. The minimum absolute atomic E-state index is 0.138. The number of nitrogens with zero attached hydrogens (tertiary/aromatic N) is 2. The fraction of sp³-hybridized carbons (Fsp3) is 0.417. The van der Waals surface area contributed by atoms with Gasteiger partial charge < -0.3 is 20.2 Å². The van der Waals surface area contributed by atoms with E-state index in [-0.39, 0.29) is 30.4 Å². The number of rotatable bonds is 7. The predicted octanol–water partition coefficient (Wildman–Crippen LogP) is 2.93. The number of nitrogens with one attached hydrogen (secondary N) is 1. The normalized spacial score (nSPS) is 21.3. The van der Waals surface area contributed by atoms with Crippen molar-refractivity contribution in [3.05, 3.63) is 71.8 Å². The second-order valence-electron chi connectivity index (χ2n) is 8.11. The van der Waals surface area contributed by atoms with Gasteiger partial charge in [-0.3, -0.25) is 4.79 Å². The maximum atomic E-state index is 13.1. The molecule has 2 aromatic carbocycles. The van der Waals surface area contributed by atoms with Crippen LogP contribution < -0.4 is 5.32 Å². The number of likely N-dealkylation sites (tertiary alicyclic amines) is 1. The fourth-order valence-corrected chi connectivity index (χ4v) is 4.73. The lowest BCUT2D eigenvalue weighted by Crippen LogP contribution is -2.40. The van der Waals surface area contributed by atoms with Crippen molar-refractivity contribution < 1.29 is 14.7 Å². The number of benzene rings is 2. The largest absolute Gasteiger partial charge is 0.372 e. The predicted molar refractivity (Wildman–Crippen MR) is 115 cm³/mol. The lowest BCUT2D eigenvalue weighted by molar-refractivity contribution is -0.132. The molecule has 0 saturated carbocycles. The van der Waals surface area contributed by atoms with Gasteiger partial charge in [0.05, 0.1) is 6.54 Å². The zero-order valence-electron chi connectivity index (χ0n) is 17.1. The van der Waals surface area contributed by atoms with Gasteiger partial charge in [0.2, 0.25) is 5.91 Å². The molecule has 2 saturated heterocycles. The number of carbonyl (C=O) groups is 2. The molecule has 4 rings (SSSR count). The second-order valence-corrected chi connectivity index (χ2v) is 8.11. The van der Waals surface area contributed by atoms with Crippen molar-refractivity contribution >= 4 is 11.9 Å². The average Bonchev–Trinajstić information content (AvgIpc) is 3.36. The molecule has 2 heterocycles. The van der Waals surface area contributed by atoms with Gasteiger partial charge in [-0.05, 0) is 30.4 Å². The molecule has 2 aromatic rings. The summed E-state index contributed by atoms with van der Waals surface area (Å²) < 4.78 is 0. The summed E-state index contributed by atoms with van der Waals surface area (Å²) >= 11 is 0. The van der Waals surface area contributed by atoms with E-state index in [0.717, 1.165) is 19.4 Å². The minimum Gasteiger partial charge on any atom is -0.372 e. The van der Waals surface area contributed by atoms with Crippen LogP contribution in [0.5, 0.6) is 0 Å². The van der Waals surface area contributed by atoms with E-state index in [1.165, 1.54) is 11.1 Å². The van der Waals surface area contributed by atoms with Crippen molar-refractivity contribution in [1.82, 2.24) is 15.1 Å². The molecule has 0 aliphatic carbocycles. The van der Waals surface area contributed by atoms with Crippen LogP contribution in [-0.4, -0.2) is 58.7 Å². The van der Waals surface area contributed by atoms with Crippen molar-refractivity contribution in [3.8, 4) is 0 Å². The number of urea groups is 1. The van der Waals surface area contributed by atoms with Crippen molar-refractivity contribution in [2.75, 3.05) is 19.6 Å². The Balaban J connectivity index is 1.45. The van der Waals surface area contributed by atoms with Crippen LogP contribution in [0.25, 0.3) is 0 Å². The third-order valence-corrected chi connectivity index (χ3v) is 6.11. The van der Waals surface area contributed by atoms with Crippen LogP contribution >= 0.6 is 0 Å². The van der Waals surface area contributed by atoms with Gasteiger partial charge in [-0.2, -0.15) is 0 Å². The monoisotopic (exact) mass is 407 g/mol. The third-order valence-electron chi connectivity index (χ3n) is 6.11. The van der Waals surface area contributed by atoms with Crippen molar-refractivity contribution in [2.45, 2.75) is 43.9 Å². The minimum atomic E-state index is -0.811. The maximum Gasteiger partial charge on any atom is 0.319 e. The topological polar surface area (TPSA) is 72.9 Å². The summed E-state index contributed by atoms with van der Waals surface area (Å²) in [6.45, 7) is 1.54. The quantitative estimate of drug-likeness (QED) is 0.741. The highest BCUT2D eigenvalue weighted by Gasteiger charge is 2.36. The Morgan fingerprint density at radius 2 is 1.70 bits per heavy atom. The summed E-state index contributed by atoms with van der Waals surface area (Å²) in [5.41, 5.74) is 2.47. The van der Waals surface area contributed by atoms with Crippen LogP contribution in [0.4, 0.5) is 4.79 Å². The first-order chi connectivity index (χ1) is 14.6. The van der Waals surface area contributed by atoms with Crippen LogP contribution in [0.2, 0.25) is 0 Å². The zero-order chi connectivity index (χ0) is 20.9. The number of aliphatic hydroxyl groups is 1. The molecule has 0 radical (unpaired) electrons. The van der Waals surface area contributed by atoms with Crippen LogP contribution in [0, 0.1) is 0 Å². The molecule has 0 spiro atoms. The molecule has 2 aliphatic heterocycles. The van der Waals surface area contributed by atoms with Crippen LogP contribution in [0.15, 0.2) is 60.7 Å². The Morgan fingerprint density at radius 3 is 2.27 bits per heavy atom. The Hall–Kier alpha value is -2.86. The van der Waals surface area contributed by atoms with Gasteiger partial charge in [0, 0.05) is 31.5 Å². The Morgan fingerprint density at radius 1 is 1.07 bits per heavy atom. The lowest BCUT2D eigenvalue weighted by atomic mass is 9.84. The van der Waals surface area contributed by atoms with Gasteiger partial charge in [-0.15, -0.1) is 0 Å². The molecule has 6 nitrogen and oxygen atoms in total. The number of hydrogen-bond donors (Lipinski definition) is 2. The first kappa shape index (κ1) is 20.4. The van der Waals surface area contributed by atoms with Crippen LogP contribution in [0.3, 0.4) is 0 Å². The molecule has 6 heteroatoms. The molecule has 3 amide bonds. The summed E-state index contributed by atoms with van der Waals surface area (Å²) in [6, 6.07) is 20.7. The average molecular weight is 408 g/mol. The van der Waals surface area contributed by atoms with Gasteiger partial charge in [0.1, 0.15) is 6.23 Å². The number of carbonyl (C=O) groups excluding carboxylic acids is 2. The number of aliphatic hydroxyl groups excluding tert-OH is 1. The van der Waals surface area contributed by atoms with Crippen LogP contribution in [0.1, 0.15) is 42.7 Å². The fourth-order valence-electron chi connectivity index (χ4n) is 4.73. The first-order valence-corrected chi connectivity index (χ1v) is 10.8. The van der Waals surface area contributed by atoms with Gasteiger partial charge in [-0.25, -0.2) is 4.79 Å². The van der Waals surface area contributed by atoms with E-state index >= 15 is 0 Å². The van der Waals surface area contributed by atoms with E-state index in [1.807, 2.05) is 17.0 Å². The summed E-state index contributed by atoms with van der Waals surface area (Å²) in [5, 5.41) is 12.0. The standard InChI is InChI=1S/C24H29N3O3/c28-21-17-26(24(30)25-21)15-8-14-22(29)27-16-7-13-20(27)23(18-9-3-1-4-10-18)19-11-5-2-6-12-19/h1-6,9-12,20-21,23,28H,7-8,13-17H2,(H,25,30). The van der Waals surface area contributed by atoms with Gasteiger partial charge in [-0.1, -0.05) is 60.7 Å². The summed E-state index contributed by atoms with van der Waals surface area (Å²) in [7, 11) is 0. The highest BCUT2D eigenvalue weighted by molar-refractivity contribution is 5.78. The molecule has 2 atom stereocenters. The SMILES string of the molecule is O=C1NC(O)CN1CCCC(=O)N1CCCC1C(c1ccccc1)c1ccccc1. The van der Waals surface area contributed by atoms with E-state index in [9.17, 15) is 14.7 Å². The highest BCUT2D eigenvalue weighted by Crippen LogP contribution is 2.36. The van der Waals surface area contributed by atoms with Gasteiger partial charge in [0.25, 0.3) is 0 Å². The third kappa shape index (κ3) is 4.49. The molecule has 2 unspecified atom stereocenters. The Labute approximate surface area is 177 Å². The molecule has 30 heavy (non-hydrogen) atoms. The molecule has 0 aromatic heterocycles. The van der Waals surface area contributed by atoms with E-state index in [1.54, 1.807) is 4.90 Å². The summed E-state index contributed by atoms with van der Waals surface area (Å²) in [5.74, 6) is 0.299. The van der Waals surface area contributed by atoms with Gasteiger partial charge >= 0.3 is 6.03 Å².